The SMILES string of the molecule is CCC1CNC(C(C)(C)C)CN1C(C)C1CCCC1. The third-order valence-electron chi connectivity index (χ3n) is 5.58. The van der Waals surface area contributed by atoms with E-state index in [1.165, 1.54) is 45.2 Å². The molecule has 2 nitrogen and oxygen atoms in total. The molecular weight excluding hydrogens is 232 g/mol. The van der Waals surface area contributed by atoms with Crippen molar-refractivity contribution in [3.8, 4) is 0 Å². The second-order valence-corrected chi connectivity index (χ2v) is 7.87. The van der Waals surface area contributed by atoms with Gasteiger partial charge in [-0.05, 0) is 37.5 Å². The second-order valence-electron chi connectivity index (χ2n) is 7.87. The van der Waals surface area contributed by atoms with Crippen LogP contribution in [0.1, 0.15) is 66.7 Å². The van der Waals surface area contributed by atoms with Gasteiger partial charge in [0.25, 0.3) is 0 Å². The first-order chi connectivity index (χ1) is 8.93. The molecule has 1 saturated carbocycles. The molecule has 3 atom stereocenters. The molecule has 1 N–H and O–H groups in total. The second kappa shape index (κ2) is 6.13. The van der Waals surface area contributed by atoms with Crippen LogP contribution in [-0.2, 0) is 0 Å². The van der Waals surface area contributed by atoms with Crippen LogP contribution < -0.4 is 5.32 Å². The lowest BCUT2D eigenvalue weighted by Gasteiger charge is -2.48. The molecule has 1 heterocycles. The molecule has 2 heteroatoms. The lowest BCUT2D eigenvalue weighted by Crippen LogP contribution is -2.62. The fraction of sp³-hybridized carbons (Fsp3) is 1.00. The minimum atomic E-state index is 0.367. The van der Waals surface area contributed by atoms with Gasteiger partial charge in [-0.1, -0.05) is 40.5 Å². The minimum absolute atomic E-state index is 0.367. The van der Waals surface area contributed by atoms with Gasteiger partial charge in [0, 0.05) is 31.2 Å². The van der Waals surface area contributed by atoms with Gasteiger partial charge < -0.3 is 5.32 Å². The standard InChI is InChI=1S/C17H34N2/c1-6-15-11-18-16(17(3,4)5)12-19(15)13(2)14-9-7-8-10-14/h13-16,18H,6-12H2,1-5H3. The molecule has 0 aromatic carbocycles. The molecule has 3 unspecified atom stereocenters. The summed E-state index contributed by atoms with van der Waals surface area (Å²) in [5.74, 6) is 0.952. The van der Waals surface area contributed by atoms with E-state index in [0.29, 0.717) is 11.5 Å². The van der Waals surface area contributed by atoms with Gasteiger partial charge in [-0.15, -0.1) is 0 Å². The Labute approximate surface area is 120 Å². The maximum atomic E-state index is 3.79. The zero-order valence-electron chi connectivity index (χ0n) is 13.7. The molecule has 2 fully saturated rings. The Balaban J connectivity index is 2.04. The van der Waals surface area contributed by atoms with Gasteiger partial charge in [0.2, 0.25) is 0 Å². The van der Waals surface area contributed by atoms with E-state index in [9.17, 15) is 0 Å². The fourth-order valence-electron chi connectivity index (χ4n) is 3.99. The lowest BCUT2D eigenvalue weighted by molar-refractivity contribution is 0.0326. The summed E-state index contributed by atoms with van der Waals surface area (Å²) >= 11 is 0. The third kappa shape index (κ3) is 3.52. The molecule has 19 heavy (non-hydrogen) atoms. The molecule has 0 bridgehead atoms. The van der Waals surface area contributed by atoms with Crippen molar-refractivity contribution in [2.24, 2.45) is 11.3 Å². The summed E-state index contributed by atoms with van der Waals surface area (Å²) in [6.07, 6.45) is 7.12. The quantitative estimate of drug-likeness (QED) is 0.838. The molecule has 1 saturated heterocycles. The van der Waals surface area contributed by atoms with Crippen molar-refractivity contribution in [1.29, 1.82) is 0 Å². The largest absolute Gasteiger partial charge is 0.311 e. The van der Waals surface area contributed by atoms with Crippen LogP contribution in [-0.4, -0.2) is 36.1 Å². The highest BCUT2D eigenvalue weighted by Gasteiger charge is 2.37. The van der Waals surface area contributed by atoms with E-state index in [-0.39, 0.29) is 0 Å². The van der Waals surface area contributed by atoms with Crippen LogP contribution in [0.15, 0.2) is 0 Å². The summed E-state index contributed by atoms with van der Waals surface area (Å²) in [4.78, 5) is 2.84. The average molecular weight is 266 g/mol. The molecule has 2 rings (SSSR count). The van der Waals surface area contributed by atoms with Crippen LogP contribution in [0.25, 0.3) is 0 Å². The Morgan fingerprint density at radius 3 is 2.37 bits per heavy atom. The summed E-state index contributed by atoms with van der Waals surface area (Å²) in [5, 5.41) is 3.79. The molecule has 1 aliphatic heterocycles. The van der Waals surface area contributed by atoms with Crippen LogP contribution >= 0.6 is 0 Å². The molecule has 0 aromatic rings. The number of nitrogens with zero attached hydrogens (tertiary/aromatic N) is 1. The molecular formula is C17H34N2. The highest BCUT2D eigenvalue weighted by Crippen LogP contribution is 2.33. The van der Waals surface area contributed by atoms with Gasteiger partial charge in [0.15, 0.2) is 0 Å². The van der Waals surface area contributed by atoms with Crippen LogP contribution in [0.2, 0.25) is 0 Å². The third-order valence-corrected chi connectivity index (χ3v) is 5.58. The first-order valence-electron chi connectivity index (χ1n) is 8.42. The van der Waals surface area contributed by atoms with Gasteiger partial charge in [-0.3, -0.25) is 4.90 Å². The highest BCUT2D eigenvalue weighted by atomic mass is 15.3. The van der Waals surface area contributed by atoms with Gasteiger partial charge in [0.1, 0.15) is 0 Å². The summed E-state index contributed by atoms with van der Waals surface area (Å²) in [7, 11) is 0. The van der Waals surface area contributed by atoms with E-state index in [2.05, 4.69) is 44.8 Å². The molecule has 2 aliphatic rings. The van der Waals surface area contributed by atoms with Crippen molar-refractivity contribution in [3.63, 3.8) is 0 Å². The molecule has 112 valence electrons. The summed E-state index contributed by atoms with van der Waals surface area (Å²) < 4.78 is 0. The first-order valence-corrected chi connectivity index (χ1v) is 8.42. The Bertz CT molecular complexity index is 275. The van der Waals surface area contributed by atoms with Crippen molar-refractivity contribution >= 4 is 0 Å². The number of piperazine rings is 1. The zero-order valence-corrected chi connectivity index (χ0v) is 13.7. The fourth-order valence-corrected chi connectivity index (χ4v) is 3.99. The topological polar surface area (TPSA) is 15.3 Å². The highest BCUT2D eigenvalue weighted by molar-refractivity contribution is 4.95. The number of rotatable bonds is 3. The average Bonchev–Trinajstić information content (AvgIpc) is 2.90. The van der Waals surface area contributed by atoms with E-state index in [4.69, 9.17) is 0 Å². The molecule has 0 spiro atoms. The van der Waals surface area contributed by atoms with Gasteiger partial charge in [0.05, 0.1) is 0 Å². The van der Waals surface area contributed by atoms with Crippen molar-refractivity contribution in [2.45, 2.75) is 84.8 Å². The van der Waals surface area contributed by atoms with E-state index >= 15 is 0 Å². The minimum Gasteiger partial charge on any atom is -0.311 e. The van der Waals surface area contributed by atoms with E-state index in [1.54, 1.807) is 0 Å². The number of hydrogen-bond donors (Lipinski definition) is 1. The van der Waals surface area contributed by atoms with Gasteiger partial charge in [-0.25, -0.2) is 0 Å². The molecule has 0 aromatic heterocycles. The van der Waals surface area contributed by atoms with Gasteiger partial charge in [-0.2, -0.15) is 0 Å². The van der Waals surface area contributed by atoms with Crippen LogP contribution in [0, 0.1) is 11.3 Å². The Hall–Kier alpha value is -0.0800. The van der Waals surface area contributed by atoms with Crippen molar-refractivity contribution in [3.05, 3.63) is 0 Å². The van der Waals surface area contributed by atoms with Crippen molar-refractivity contribution < 1.29 is 0 Å². The smallest absolute Gasteiger partial charge is 0.0244 e. The van der Waals surface area contributed by atoms with Gasteiger partial charge >= 0.3 is 0 Å². The normalized spacial score (nSPS) is 32.7. The summed E-state index contributed by atoms with van der Waals surface area (Å²) in [5.41, 5.74) is 0.367. The monoisotopic (exact) mass is 266 g/mol. The number of hydrogen-bond acceptors (Lipinski definition) is 2. The van der Waals surface area contributed by atoms with E-state index in [1.807, 2.05) is 0 Å². The molecule has 0 radical (unpaired) electrons. The van der Waals surface area contributed by atoms with E-state index < -0.39 is 0 Å². The predicted octanol–water partition coefficient (Wildman–Crippen LogP) is 3.66. The Morgan fingerprint density at radius 2 is 1.84 bits per heavy atom. The summed E-state index contributed by atoms with van der Waals surface area (Å²) in [6, 6.07) is 2.16. The summed E-state index contributed by atoms with van der Waals surface area (Å²) in [6.45, 7) is 14.4. The van der Waals surface area contributed by atoms with Crippen LogP contribution in [0.3, 0.4) is 0 Å². The maximum Gasteiger partial charge on any atom is 0.0244 e. The lowest BCUT2D eigenvalue weighted by atomic mass is 9.83. The van der Waals surface area contributed by atoms with Crippen molar-refractivity contribution in [1.82, 2.24) is 10.2 Å². The maximum absolute atomic E-state index is 3.79. The van der Waals surface area contributed by atoms with Crippen molar-refractivity contribution in [2.75, 3.05) is 13.1 Å². The Kier molecular flexibility index (Phi) is 4.94. The van der Waals surface area contributed by atoms with Crippen LogP contribution in [0.4, 0.5) is 0 Å². The zero-order chi connectivity index (χ0) is 14.0. The predicted molar refractivity (Wildman–Crippen MR) is 83.5 cm³/mol. The van der Waals surface area contributed by atoms with Crippen LogP contribution in [0.5, 0.6) is 0 Å². The van der Waals surface area contributed by atoms with E-state index in [0.717, 1.165) is 18.0 Å². The molecule has 1 aliphatic carbocycles. The Morgan fingerprint density at radius 1 is 1.21 bits per heavy atom. The molecule has 0 amide bonds. The number of nitrogens with one attached hydrogen (secondary N) is 1. The first kappa shape index (κ1) is 15.3.